The van der Waals surface area contributed by atoms with E-state index in [1.807, 2.05) is 23.6 Å². The highest BCUT2D eigenvalue weighted by Gasteiger charge is 2.46. The molecule has 0 saturated carbocycles. The number of hydrogen-bond acceptors (Lipinski definition) is 5. The summed E-state index contributed by atoms with van der Waals surface area (Å²) in [5.74, 6) is 0.200. The van der Waals surface area contributed by atoms with Gasteiger partial charge in [-0.05, 0) is 39.7 Å². The minimum Gasteiger partial charge on any atom is -0.377 e. The quantitative estimate of drug-likeness (QED) is 0.762. The van der Waals surface area contributed by atoms with Crippen molar-refractivity contribution in [1.29, 1.82) is 0 Å². The van der Waals surface area contributed by atoms with Crippen molar-refractivity contribution in [3.8, 4) is 0 Å². The zero-order valence-corrected chi connectivity index (χ0v) is 17.4. The van der Waals surface area contributed by atoms with Crippen molar-refractivity contribution in [3.05, 3.63) is 0 Å². The maximum Gasteiger partial charge on any atom is 0.230 e. The molecule has 3 aliphatic rings. The molecule has 8 heteroatoms. The first kappa shape index (κ1) is 22.4. The van der Waals surface area contributed by atoms with Gasteiger partial charge in [-0.25, -0.2) is 0 Å². The zero-order valence-electron chi connectivity index (χ0n) is 16.6. The number of amides is 2. The van der Waals surface area contributed by atoms with E-state index in [9.17, 15) is 9.59 Å². The maximum absolute atomic E-state index is 13.4. The first-order valence-electron chi connectivity index (χ1n) is 10.0. The Morgan fingerprint density at radius 1 is 1.04 bits per heavy atom. The van der Waals surface area contributed by atoms with Crippen LogP contribution in [0.25, 0.3) is 0 Å². The van der Waals surface area contributed by atoms with Crippen LogP contribution in [0.1, 0.15) is 39.5 Å². The van der Waals surface area contributed by atoms with Crippen LogP contribution in [0.3, 0.4) is 0 Å². The predicted octanol–water partition coefficient (Wildman–Crippen LogP) is 1.05. The van der Waals surface area contributed by atoms with Crippen molar-refractivity contribution < 1.29 is 19.1 Å². The standard InChI is InChI=1S/C19H33N3O4.ClH/c1-15-12-21(7-3-9-25-15)17(23)11-19(5-6-20-14-19)18(24)22-8-4-10-26-16(2)13-22;/h15-16,20H,3-14H2,1-2H3;1H. The molecule has 0 aromatic carbocycles. The van der Waals surface area contributed by atoms with E-state index < -0.39 is 5.41 Å². The molecule has 3 unspecified atom stereocenters. The second-order valence-corrected chi connectivity index (χ2v) is 8.04. The number of ether oxygens (including phenoxy) is 2. The van der Waals surface area contributed by atoms with Gasteiger partial charge >= 0.3 is 0 Å². The van der Waals surface area contributed by atoms with Crippen molar-refractivity contribution >= 4 is 24.2 Å². The van der Waals surface area contributed by atoms with E-state index in [1.54, 1.807) is 0 Å². The lowest BCUT2D eigenvalue weighted by Crippen LogP contribution is -2.50. The fourth-order valence-electron chi connectivity index (χ4n) is 4.29. The topological polar surface area (TPSA) is 71.1 Å². The summed E-state index contributed by atoms with van der Waals surface area (Å²) in [5.41, 5.74) is -0.614. The van der Waals surface area contributed by atoms with E-state index in [-0.39, 0.29) is 42.9 Å². The van der Waals surface area contributed by atoms with Gasteiger partial charge in [0.25, 0.3) is 0 Å². The van der Waals surface area contributed by atoms with Crippen LogP contribution in [0.5, 0.6) is 0 Å². The van der Waals surface area contributed by atoms with Crippen LogP contribution in [0.2, 0.25) is 0 Å². The summed E-state index contributed by atoms with van der Waals surface area (Å²) >= 11 is 0. The molecule has 3 heterocycles. The second-order valence-electron chi connectivity index (χ2n) is 8.04. The average molecular weight is 404 g/mol. The average Bonchev–Trinajstić information content (AvgIpc) is 2.83. The second kappa shape index (κ2) is 10.0. The largest absolute Gasteiger partial charge is 0.377 e. The van der Waals surface area contributed by atoms with Gasteiger partial charge in [-0.2, -0.15) is 0 Å². The van der Waals surface area contributed by atoms with Crippen molar-refractivity contribution in [2.75, 3.05) is 52.5 Å². The fraction of sp³-hybridized carbons (Fsp3) is 0.895. The van der Waals surface area contributed by atoms with Crippen LogP contribution in [-0.4, -0.2) is 86.3 Å². The lowest BCUT2D eigenvalue weighted by molar-refractivity contribution is -0.148. The van der Waals surface area contributed by atoms with Crippen LogP contribution < -0.4 is 5.32 Å². The smallest absolute Gasteiger partial charge is 0.230 e. The van der Waals surface area contributed by atoms with Crippen LogP contribution in [-0.2, 0) is 19.1 Å². The molecule has 27 heavy (non-hydrogen) atoms. The van der Waals surface area contributed by atoms with Gasteiger partial charge in [0.15, 0.2) is 0 Å². The molecule has 156 valence electrons. The van der Waals surface area contributed by atoms with E-state index >= 15 is 0 Å². The molecule has 0 bridgehead atoms. The number of halogens is 1. The Balaban J connectivity index is 0.00000261. The third kappa shape index (κ3) is 5.56. The number of carbonyl (C=O) groups excluding carboxylic acids is 2. The minimum atomic E-state index is -0.614. The molecule has 0 aromatic rings. The molecule has 7 nitrogen and oxygen atoms in total. The third-order valence-electron chi connectivity index (χ3n) is 5.73. The molecule has 3 fully saturated rings. The Morgan fingerprint density at radius 2 is 1.63 bits per heavy atom. The van der Waals surface area contributed by atoms with Crippen LogP contribution in [0, 0.1) is 5.41 Å². The molecule has 1 N–H and O–H groups in total. The highest BCUT2D eigenvalue weighted by molar-refractivity contribution is 5.89. The number of nitrogens with zero attached hydrogens (tertiary/aromatic N) is 2. The Labute approximate surface area is 168 Å². The van der Waals surface area contributed by atoms with Gasteiger partial charge in [-0.3, -0.25) is 9.59 Å². The molecule has 3 aliphatic heterocycles. The molecule has 0 spiro atoms. The van der Waals surface area contributed by atoms with Gasteiger partial charge in [-0.1, -0.05) is 0 Å². The lowest BCUT2D eigenvalue weighted by Gasteiger charge is -2.35. The molecule has 3 saturated heterocycles. The summed E-state index contributed by atoms with van der Waals surface area (Å²) in [4.78, 5) is 30.2. The number of hydrogen-bond donors (Lipinski definition) is 1. The van der Waals surface area contributed by atoms with Crippen LogP contribution in [0.4, 0.5) is 0 Å². The van der Waals surface area contributed by atoms with E-state index in [1.165, 1.54) is 0 Å². The molecule has 0 radical (unpaired) electrons. The van der Waals surface area contributed by atoms with Gasteiger partial charge in [0.2, 0.25) is 11.8 Å². The highest BCUT2D eigenvalue weighted by Crippen LogP contribution is 2.34. The molecule has 3 atom stereocenters. The fourth-order valence-corrected chi connectivity index (χ4v) is 4.29. The van der Waals surface area contributed by atoms with E-state index in [0.29, 0.717) is 39.4 Å². The summed E-state index contributed by atoms with van der Waals surface area (Å²) in [6.45, 7) is 9.44. The Hall–Kier alpha value is -0.890. The van der Waals surface area contributed by atoms with Crippen molar-refractivity contribution in [2.45, 2.75) is 51.7 Å². The lowest BCUT2D eigenvalue weighted by atomic mass is 9.81. The van der Waals surface area contributed by atoms with Crippen molar-refractivity contribution in [2.24, 2.45) is 5.41 Å². The summed E-state index contributed by atoms with van der Waals surface area (Å²) in [7, 11) is 0. The van der Waals surface area contributed by atoms with Crippen molar-refractivity contribution in [3.63, 3.8) is 0 Å². The van der Waals surface area contributed by atoms with Gasteiger partial charge in [0.05, 0.1) is 17.6 Å². The van der Waals surface area contributed by atoms with Gasteiger partial charge < -0.3 is 24.6 Å². The normalized spacial score (nSPS) is 32.4. The Kier molecular flexibility index (Phi) is 8.34. The van der Waals surface area contributed by atoms with E-state index in [2.05, 4.69) is 5.32 Å². The minimum absolute atomic E-state index is 0. The highest BCUT2D eigenvalue weighted by atomic mass is 35.5. The van der Waals surface area contributed by atoms with E-state index in [4.69, 9.17) is 9.47 Å². The van der Waals surface area contributed by atoms with E-state index in [0.717, 1.165) is 32.4 Å². The molecule has 3 rings (SSSR count). The Morgan fingerprint density at radius 3 is 2.22 bits per heavy atom. The monoisotopic (exact) mass is 403 g/mol. The number of rotatable bonds is 3. The number of nitrogens with one attached hydrogen (secondary N) is 1. The van der Waals surface area contributed by atoms with Crippen LogP contribution >= 0.6 is 12.4 Å². The SMILES string of the molecule is CC1CN(C(=O)CC2(C(=O)N3CCCOC(C)C3)CCNC2)CCCO1.Cl. The number of carbonyl (C=O) groups is 2. The summed E-state index contributed by atoms with van der Waals surface area (Å²) in [6, 6.07) is 0. The zero-order chi connectivity index (χ0) is 18.6. The Bertz CT molecular complexity index is 513. The van der Waals surface area contributed by atoms with Gasteiger partial charge in [0, 0.05) is 52.4 Å². The molecule has 0 aromatic heterocycles. The molecule has 0 aliphatic carbocycles. The molecular formula is C19H34ClN3O4. The summed E-state index contributed by atoms with van der Waals surface area (Å²) < 4.78 is 11.3. The summed E-state index contributed by atoms with van der Waals surface area (Å²) in [5, 5.41) is 3.32. The molecule has 2 amide bonds. The van der Waals surface area contributed by atoms with Gasteiger partial charge in [-0.15, -0.1) is 12.4 Å². The predicted molar refractivity (Wildman–Crippen MR) is 105 cm³/mol. The first-order chi connectivity index (χ1) is 12.5. The van der Waals surface area contributed by atoms with Crippen molar-refractivity contribution in [1.82, 2.24) is 15.1 Å². The third-order valence-corrected chi connectivity index (χ3v) is 5.73. The van der Waals surface area contributed by atoms with Crippen LogP contribution in [0.15, 0.2) is 0 Å². The first-order valence-corrected chi connectivity index (χ1v) is 10.0. The summed E-state index contributed by atoms with van der Waals surface area (Å²) in [6.07, 6.45) is 2.83. The van der Waals surface area contributed by atoms with Gasteiger partial charge in [0.1, 0.15) is 0 Å². The maximum atomic E-state index is 13.4. The molecular weight excluding hydrogens is 370 g/mol.